The van der Waals surface area contributed by atoms with Gasteiger partial charge in [-0.25, -0.2) is 4.98 Å². The highest BCUT2D eigenvalue weighted by Crippen LogP contribution is 2.44. The molecule has 4 rings (SSSR count). The molecule has 2 N–H and O–H groups in total. The van der Waals surface area contributed by atoms with Gasteiger partial charge in [0, 0.05) is 5.56 Å². The van der Waals surface area contributed by atoms with E-state index in [1.807, 2.05) is 55.5 Å². The number of nitrogen functional groups attached to an aromatic ring is 1. The number of benzene rings is 2. The Morgan fingerprint density at radius 3 is 2.52 bits per heavy atom. The molecule has 0 saturated carbocycles. The molecule has 0 aliphatic rings. The van der Waals surface area contributed by atoms with Crippen LogP contribution in [-0.2, 0) is 0 Å². The zero-order chi connectivity index (χ0) is 17.6. The zero-order valence-corrected chi connectivity index (χ0v) is 15.8. The van der Waals surface area contributed by atoms with Crippen molar-refractivity contribution >= 4 is 57.0 Å². The topological polar surface area (TPSA) is 56.0 Å². The number of ketones is 1. The van der Waals surface area contributed by atoms with Crippen molar-refractivity contribution in [2.45, 2.75) is 11.1 Å². The molecule has 2 aromatic heterocycles. The van der Waals surface area contributed by atoms with Gasteiger partial charge in [0.2, 0.25) is 5.78 Å². The lowest BCUT2D eigenvalue weighted by Gasteiger charge is -2.01. The number of carbonyl (C=O) groups is 1. The lowest BCUT2D eigenvalue weighted by molar-refractivity contribution is 0.104. The first-order valence-electron chi connectivity index (χ1n) is 7.63. The molecule has 0 aliphatic carbocycles. The van der Waals surface area contributed by atoms with Gasteiger partial charge in [0.05, 0.1) is 30.6 Å². The molecule has 124 valence electrons. The van der Waals surface area contributed by atoms with Crippen molar-refractivity contribution in [1.82, 2.24) is 4.98 Å². The second-order valence-corrected chi connectivity index (χ2v) is 8.51. The van der Waals surface area contributed by atoms with Gasteiger partial charge in [0.15, 0.2) is 0 Å². The predicted molar refractivity (Wildman–Crippen MR) is 109 cm³/mol. The second-order valence-electron chi connectivity index (χ2n) is 5.71. The van der Waals surface area contributed by atoms with E-state index in [2.05, 4.69) is 17.6 Å². The van der Waals surface area contributed by atoms with Crippen molar-refractivity contribution in [2.75, 3.05) is 5.73 Å². The Balaban J connectivity index is 1.81. The van der Waals surface area contributed by atoms with Crippen molar-refractivity contribution in [3.05, 3.63) is 64.5 Å². The third-order valence-electron chi connectivity index (χ3n) is 3.95. The van der Waals surface area contributed by atoms with E-state index in [4.69, 9.17) is 5.73 Å². The summed E-state index contributed by atoms with van der Waals surface area (Å²) in [4.78, 5) is 18.0. The lowest BCUT2D eigenvalue weighted by Crippen LogP contribution is -2.02. The van der Waals surface area contributed by atoms with E-state index < -0.39 is 0 Å². The molecular weight excluding hydrogens is 368 g/mol. The third-order valence-corrected chi connectivity index (χ3v) is 6.51. The van der Waals surface area contributed by atoms with Crippen LogP contribution in [-0.4, -0.2) is 10.8 Å². The number of nitrogens with zero attached hydrogens (tertiary/aromatic N) is 1. The van der Waals surface area contributed by atoms with E-state index in [1.165, 1.54) is 11.3 Å². The van der Waals surface area contributed by atoms with Gasteiger partial charge in [0.25, 0.3) is 0 Å². The number of thiazole rings is 1. The maximum atomic E-state index is 12.8. The summed E-state index contributed by atoms with van der Waals surface area (Å²) in [6.07, 6.45) is 0. The van der Waals surface area contributed by atoms with Crippen molar-refractivity contribution in [3.63, 3.8) is 0 Å². The van der Waals surface area contributed by atoms with E-state index >= 15 is 0 Å². The standard InChI is InChI=1S/C19H14N2OS3/c1-10-6-8-11(9-7-10)16(22)17-15(20)14(19(23)25-17)18-21-12-4-2-3-5-13(12)24-18/h2-9,23H,20H2,1H3. The lowest BCUT2D eigenvalue weighted by atomic mass is 10.1. The van der Waals surface area contributed by atoms with Gasteiger partial charge in [-0.1, -0.05) is 42.0 Å². The number of carbonyl (C=O) groups excluding carboxylic acids is 1. The van der Waals surface area contributed by atoms with Crippen LogP contribution >= 0.6 is 35.3 Å². The Kier molecular flexibility index (Phi) is 4.11. The Morgan fingerprint density at radius 2 is 1.80 bits per heavy atom. The number of anilines is 1. The molecule has 6 heteroatoms. The molecule has 25 heavy (non-hydrogen) atoms. The molecule has 0 radical (unpaired) electrons. The SMILES string of the molecule is Cc1ccc(C(=O)c2sc(S)c(-c3nc4ccccc4s3)c2N)cc1. The van der Waals surface area contributed by atoms with Crippen molar-refractivity contribution in [1.29, 1.82) is 0 Å². The highest BCUT2D eigenvalue weighted by atomic mass is 32.2. The van der Waals surface area contributed by atoms with Crippen LogP contribution in [0.3, 0.4) is 0 Å². The summed E-state index contributed by atoms with van der Waals surface area (Å²) in [6.45, 7) is 1.99. The van der Waals surface area contributed by atoms with E-state index in [0.717, 1.165) is 26.4 Å². The predicted octanol–water partition coefficient (Wildman–Crippen LogP) is 5.44. The average Bonchev–Trinajstić information content (AvgIpc) is 3.15. The van der Waals surface area contributed by atoms with Crippen LogP contribution in [0.2, 0.25) is 0 Å². The van der Waals surface area contributed by atoms with Gasteiger partial charge in [-0.15, -0.1) is 35.3 Å². The Labute approximate surface area is 158 Å². The number of thiol groups is 1. The van der Waals surface area contributed by atoms with Crippen LogP contribution in [0.25, 0.3) is 20.8 Å². The molecule has 3 nitrogen and oxygen atoms in total. The first kappa shape index (κ1) is 16.3. The average molecular weight is 383 g/mol. The molecule has 0 amide bonds. The number of aryl methyl sites for hydroxylation is 1. The third kappa shape index (κ3) is 2.86. The van der Waals surface area contributed by atoms with Crippen molar-refractivity contribution < 1.29 is 4.79 Å². The minimum Gasteiger partial charge on any atom is -0.397 e. The monoisotopic (exact) mass is 382 g/mol. The molecule has 2 heterocycles. The zero-order valence-electron chi connectivity index (χ0n) is 13.3. The molecule has 2 aromatic carbocycles. The van der Waals surface area contributed by atoms with E-state index in [-0.39, 0.29) is 5.78 Å². The summed E-state index contributed by atoms with van der Waals surface area (Å²) in [5, 5.41) is 0.794. The van der Waals surface area contributed by atoms with Crippen molar-refractivity contribution in [2.24, 2.45) is 0 Å². The minimum absolute atomic E-state index is 0.0786. The van der Waals surface area contributed by atoms with Crippen LogP contribution in [0.4, 0.5) is 5.69 Å². The van der Waals surface area contributed by atoms with E-state index in [9.17, 15) is 4.79 Å². The number of hydrogen-bond donors (Lipinski definition) is 2. The molecule has 0 bridgehead atoms. The van der Waals surface area contributed by atoms with Gasteiger partial charge in [-0.3, -0.25) is 4.79 Å². The largest absolute Gasteiger partial charge is 0.397 e. The van der Waals surface area contributed by atoms with Crippen LogP contribution in [0.1, 0.15) is 20.8 Å². The van der Waals surface area contributed by atoms with Crippen LogP contribution in [0.15, 0.2) is 52.7 Å². The summed E-state index contributed by atoms with van der Waals surface area (Å²) in [5.74, 6) is -0.0786. The van der Waals surface area contributed by atoms with Crippen LogP contribution in [0, 0.1) is 6.92 Å². The summed E-state index contributed by atoms with van der Waals surface area (Å²) < 4.78 is 1.80. The highest BCUT2D eigenvalue weighted by Gasteiger charge is 2.23. The number of hydrogen-bond acceptors (Lipinski definition) is 6. The van der Waals surface area contributed by atoms with Crippen molar-refractivity contribution in [3.8, 4) is 10.6 Å². The Hall–Kier alpha value is -2.15. The summed E-state index contributed by atoms with van der Waals surface area (Å²) in [5.41, 5.74) is 10.2. The Bertz CT molecular complexity index is 1060. The Morgan fingerprint density at radius 1 is 1.08 bits per heavy atom. The maximum absolute atomic E-state index is 12.8. The molecule has 4 aromatic rings. The van der Waals surface area contributed by atoms with Crippen LogP contribution in [0.5, 0.6) is 0 Å². The maximum Gasteiger partial charge on any atom is 0.205 e. The summed E-state index contributed by atoms with van der Waals surface area (Å²) in [7, 11) is 0. The normalized spacial score (nSPS) is 11.1. The molecule has 0 saturated heterocycles. The van der Waals surface area contributed by atoms with E-state index in [1.54, 1.807) is 11.3 Å². The fraction of sp³-hybridized carbons (Fsp3) is 0.0526. The number of para-hydroxylation sites is 1. The van der Waals surface area contributed by atoms with Gasteiger partial charge in [-0.05, 0) is 19.1 Å². The highest BCUT2D eigenvalue weighted by molar-refractivity contribution is 7.83. The molecule has 0 spiro atoms. The quantitative estimate of drug-likeness (QED) is 0.367. The number of thiophene rings is 1. The smallest absolute Gasteiger partial charge is 0.205 e. The number of nitrogens with two attached hydrogens (primary N) is 1. The number of fused-ring (bicyclic) bond motifs is 1. The first-order chi connectivity index (χ1) is 12.0. The number of rotatable bonds is 3. The number of aromatic nitrogens is 1. The van der Waals surface area contributed by atoms with Gasteiger partial charge >= 0.3 is 0 Å². The van der Waals surface area contributed by atoms with Gasteiger partial charge in [0.1, 0.15) is 5.01 Å². The van der Waals surface area contributed by atoms with Gasteiger partial charge in [-0.2, -0.15) is 0 Å². The summed E-state index contributed by atoms with van der Waals surface area (Å²) in [6, 6.07) is 15.4. The fourth-order valence-electron chi connectivity index (χ4n) is 2.62. The molecule has 0 unspecified atom stereocenters. The van der Waals surface area contributed by atoms with Crippen LogP contribution < -0.4 is 5.73 Å². The molecule has 0 aliphatic heterocycles. The molecule has 0 atom stereocenters. The van der Waals surface area contributed by atoms with E-state index in [0.29, 0.717) is 20.3 Å². The summed E-state index contributed by atoms with van der Waals surface area (Å²) >= 11 is 7.42. The molecule has 0 fully saturated rings. The first-order valence-corrected chi connectivity index (χ1v) is 9.71. The minimum atomic E-state index is -0.0786. The molecular formula is C19H14N2OS3. The second kappa shape index (κ2) is 6.29. The fourth-order valence-corrected chi connectivity index (χ4v) is 5.22. The van der Waals surface area contributed by atoms with Gasteiger partial charge < -0.3 is 5.73 Å².